The number of nitrogens with one attached hydrogen (secondary N) is 2. The molecule has 2 aromatic heterocycles. The predicted octanol–water partition coefficient (Wildman–Crippen LogP) is 2.96. The number of hydrogen-bond acceptors (Lipinski definition) is 5. The first-order valence-corrected chi connectivity index (χ1v) is 7.53. The molecule has 0 radical (unpaired) electrons. The van der Waals surface area contributed by atoms with E-state index >= 15 is 0 Å². The molecule has 0 saturated carbocycles. The van der Waals surface area contributed by atoms with Crippen LogP contribution >= 0.6 is 0 Å². The van der Waals surface area contributed by atoms with Crippen molar-refractivity contribution in [3.8, 4) is 0 Å². The number of aromatic nitrogens is 3. The number of anilines is 1. The molecule has 4 rings (SSSR count). The van der Waals surface area contributed by atoms with Gasteiger partial charge in [-0.1, -0.05) is 0 Å². The van der Waals surface area contributed by atoms with Gasteiger partial charge >= 0.3 is 0 Å². The number of carbonyl (C=O) groups excluding carboxylic acids is 1. The van der Waals surface area contributed by atoms with Gasteiger partial charge in [0.1, 0.15) is 17.7 Å². The number of benzene rings is 1. The van der Waals surface area contributed by atoms with Crippen LogP contribution in [0.3, 0.4) is 0 Å². The van der Waals surface area contributed by atoms with E-state index in [-0.39, 0.29) is 17.7 Å². The van der Waals surface area contributed by atoms with Crippen molar-refractivity contribution in [2.24, 2.45) is 0 Å². The van der Waals surface area contributed by atoms with Gasteiger partial charge in [0.25, 0.3) is 5.91 Å². The first-order valence-electron chi connectivity index (χ1n) is 7.53. The normalized spacial score (nSPS) is 17.7. The van der Waals surface area contributed by atoms with Crippen LogP contribution in [0.15, 0.2) is 29.0 Å². The van der Waals surface area contributed by atoms with Crippen LogP contribution in [0.2, 0.25) is 0 Å². The van der Waals surface area contributed by atoms with E-state index in [4.69, 9.17) is 9.15 Å². The molecule has 1 unspecified atom stereocenters. The van der Waals surface area contributed by atoms with Crippen LogP contribution in [-0.2, 0) is 4.74 Å². The molecule has 1 atom stereocenters. The third-order valence-corrected chi connectivity index (χ3v) is 3.95. The minimum absolute atomic E-state index is 0.0400. The molecular formula is C16H16N4O3. The molecule has 1 fully saturated rings. The zero-order valence-corrected chi connectivity index (χ0v) is 12.6. The van der Waals surface area contributed by atoms with Crippen molar-refractivity contribution in [3.05, 3.63) is 41.9 Å². The van der Waals surface area contributed by atoms with Crippen LogP contribution < -0.4 is 5.32 Å². The summed E-state index contributed by atoms with van der Waals surface area (Å²) in [6.07, 6.45) is 3.34. The number of nitrogens with zero attached hydrogens (tertiary/aromatic N) is 2. The van der Waals surface area contributed by atoms with Gasteiger partial charge in [0.15, 0.2) is 12.1 Å². The second-order valence-electron chi connectivity index (χ2n) is 5.57. The molecule has 3 heterocycles. The van der Waals surface area contributed by atoms with Crippen molar-refractivity contribution in [1.29, 1.82) is 0 Å². The fourth-order valence-corrected chi connectivity index (χ4v) is 2.77. The Hall–Kier alpha value is -2.67. The van der Waals surface area contributed by atoms with E-state index in [0.717, 1.165) is 36.3 Å². The second-order valence-corrected chi connectivity index (χ2v) is 5.57. The van der Waals surface area contributed by atoms with Crippen LogP contribution in [0.4, 0.5) is 5.69 Å². The number of imidazole rings is 1. The van der Waals surface area contributed by atoms with Crippen molar-refractivity contribution in [2.75, 3.05) is 11.9 Å². The number of fused-ring (bicyclic) bond motifs is 1. The minimum atomic E-state index is -0.297. The van der Waals surface area contributed by atoms with Gasteiger partial charge in [0.05, 0.1) is 11.0 Å². The summed E-state index contributed by atoms with van der Waals surface area (Å²) in [7, 11) is 0. The summed E-state index contributed by atoms with van der Waals surface area (Å²) in [5, 5.41) is 2.82. The Morgan fingerprint density at radius 2 is 2.35 bits per heavy atom. The Balaban J connectivity index is 1.58. The molecule has 2 N–H and O–H groups in total. The molecule has 1 aliphatic heterocycles. The van der Waals surface area contributed by atoms with E-state index in [0.29, 0.717) is 11.4 Å². The molecule has 1 saturated heterocycles. The Bertz CT molecular complexity index is 861. The summed E-state index contributed by atoms with van der Waals surface area (Å²) in [6.45, 7) is 2.48. The number of oxazole rings is 1. The van der Waals surface area contributed by atoms with Crippen molar-refractivity contribution >= 4 is 22.6 Å². The summed E-state index contributed by atoms with van der Waals surface area (Å²) in [4.78, 5) is 23.9. The van der Waals surface area contributed by atoms with Gasteiger partial charge in [-0.15, -0.1) is 0 Å². The highest BCUT2D eigenvalue weighted by Gasteiger charge is 2.21. The van der Waals surface area contributed by atoms with E-state index in [1.165, 1.54) is 6.39 Å². The molecule has 3 aromatic rings. The number of H-pyrrole nitrogens is 1. The van der Waals surface area contributed by atoms with Crippen LogP contribution in [0.5, 0.6) is 0 Å². The van der Waals surface area contributed by atoms with Gasteiger partial charge in [-0.3, -0.25) is 4.79 Å². The highest BCUT2D eigenvalue weighted by Crippen LogP contribution is 2.28. The maximum atomic E-state index is 12.2. The largest absolute Gasteiger partial charge is 0.448 e. The smallest absolute Gasteiger partial charge is 0.277 e. The van der Waals surface area contributed by atoms with Crippen LogP contribution in [0.25, 0.3) is 11.0 Å². The average molecular weight is 312 g/mol. The summed E-state index contributed by atoms with van der Waals surface area (Å²) in [5.74, 6) is 1.04. The Morgan fingerprint density at radius 3 is 3.09 bits per heavy atom. The first-order chi connectivity index (χ1) is 11.2. The van der Waals surface area contributed by atoms with E-state index in [2.05, 4.69) is 20.3 Å². The maximum absolute atomic E-state index is 12.2. The van der Waals surface area contributed by atoms with Crippen LogP contribution in [-0.4, -0.2) is 27.5 Å². The summed E-state index contributed by atoms with van der Waals surface area (Å²) < 4.78 is 10.7. The van der Waals surface area contributed by atoms with Crippen LogP contribution in [0, 0.1) is 6.92 Å². The zero-order valence-electron chi connectivity index (χ0n) is 12.6. The fourth-order valence-electron chi connectivity index (χ4n) is 2.77. The molecule has 118 valence electrons. The lowest BCUT2D eigenvalue weighted by atomic mass is 10.2. The number of hydrogen-bond donors (Lipinski definition) is 2. The van der Waals surface area contributed by atoms with E-state index in [9.17, 15) is 4.79 Å². The molecule has 1 aliphatic rings. The molecule has 0 spiro atoms. The van der Waals surface area contributed by atoms with Gasteiger partial charge in [-0.05, 0) is 38.0 Å². The standard InChI is InChI=1S/C16H16N4O3/c1-9-14(17-8-23-9)16(21)18-10-4-5-11-12(7-10)20-15(19-11)13-3-2-6-22-13/h4-5,7-8,13H,2-3,6H2,1H3,(H,18,21)(H,19,20). The van der Waals surface area contributed by atoms with Gasteiger partial charge in [0.2, 0.25) is 0 Å². The number of aromatic amines is 1. The monoisotopic (exact) mass is 312 g/mol. The first kappa shape index (κ1) is 14.0. The van der Waals surface area contributed by atoms with Gasteiger partial charge < -0.3 is 19.5 Å². The summed E-state index contributed by atoms with van der Waals surface area (Å²) >= 11 is 0. The molecule has 23 heavy (non-hydrogen) atoms. The van der Waals surface area contributed by atoms with E-state index in [1.54, 1.807) is 6.92 Å². The zero-order chi connectivity index (χ0) is 15.8. The van der Waals surface area contributed by atoms with Gasteiger partial charge in [0, 0.05) is 12.3 Å². The highest BCUT2D eigenvalue weighted by molar-refractivity contribution is 6.04. The molecule has 1 amide bonds. The van der Waals surface area contributed by atoms with Crippen molar-refractivity contribution in [1.82, 2.24) is 15.0 Å². The molecule has 7 heteroatoms. The molecule has 1 aromatic carbocycles. The summed E-state index contributed by atoms with van der Waals surface area (Å²) in [6, 6.07) is 5.54. The molecular weight excluding hydrogens is 296 g/mol. The SMILES string of the molecule is Cc1ocnc1C(=O)Nc1ccc2nc(C3CCCO3)[nH]c2c1. The lowest BCUT2D eigenvalue weighted by molar-refractivity contribution is 0.102. The highest BCUT2D eigenvalue weighted by atomic mass is 16.5. The number of carbonyl (C=O) groups is 1. The Kier molecular flexibility index (Phi) is 3.34. The quantitative estimate of drug-likeness (QED) is 0.775. The van der Waals surface area contributed by atoms with Crippen molar-refractivity contribution < 1.29 is 13.9 Å². The maximum Gasteiger partial charge on any atom is 0.277 e. The van der Waals surface area contributed by atoms with Gasteiger partial charge in [-0.25, -0.2) is 9.97 Å². The molecule has 7 nitrogen and oxygen atoms in total. The van der Waals surface area contributed by atoms with E-state index < -0.39 is 0 Å². The molecule has 0 aliphatic carbocycles. The number of aryl methyl sites for hydroxylation is 1. The molecule has 0 bridgehead atoms. The number of ether oxygens (including phenoxy) is 1. The third-order valence-electron chi connectivity index (χ3n) is 3.95. The van der Waals surface area contributed by atoms with Crippen molar-refractivity contribution in [3.63, 3.8) is 0 Å². The topological polar surface area (TPSA) is 93.0 Å². The average Bonchev–Trinajstić information content (AvgIpc) is 3.26. The summed E-state index contributed by atoms with van der Waals surface area (Å²) in [5.41, 5.74) is 2.68. The van der Waals surface area contributed by atoms with Crippen LogP contribution in [0.1, 0.15) is 41.0 Å². The third kappa shape index (κ3) is 2.59. The van der Waals surface area contributed by atoms with Crippen molar-refractivity contribution in [2.45, 2.75) is 25.9 Å². The Labute approximate surface area is 132 Å². The lowest BCUT2D eigenvalue weighted by Crippen LogP contribution is -2.13. The fraction of sp³-hybridized carbons (Fsp3) is 0.312. The van der Waals surface area contributed by atoms with Gasteiger partial charge in [-0.2, -0.15) is 0 Å². The number of rotatable bonds is 3. The lowest BCUT2D eigenvalue weighted by Gasteiger charge is -2.04. The Morgan fingerprint density at radius 1 is 1.43 bits per heavy atom. The predicted molar refractivity (Wildman–Crippen MR) is 83.2 cm³/mol. The number of amides is 1. The van der Waals surface area contributed by atoms with E-state index in [1.807, 2.05) is 18.2 Å². The second kappa shape index (κ2) is 5.51. The minimum Gasteiger partial charge on any atom is -0.448 e.